The first-order valence-electron chi connectivity index (χ1n) is 4.66. The summed E-state index contributed by atoms with van der Waals surface area (Å²) >= 11 is 0. The second kappa shape index (κ2) is 2.78. The van der Waals surface area contributed by atoms with Gasteiger partial charge in [0.05, 0.1) is 0 Å². The monoisotopic (exact) mass is 155 g/mol. The van der Waals surface area contributed by atoms with Gasteiger partial charge in [0, 0.05) is 5.54 Å². The molecular formula is C10H21N. The molecule has 1 aliphatic rings. The molecule has 0 radical (unpaired) electrons. The lowest BCUT2D eigenvalue weighted by molar-refractivity contribution is 0.328. The maximum absolute atomic E-state index is 3.42. The first-order chi connectivity index (χ1) is 4.97. The van der Waals surface area contributed by atoms with Gasteiger partial charge in [-0.3, -0.25) is 0 Å². The zero-order chi connectivity index (χ0) is 8.54. The van der Waals surface area contributed by atoms with Gasteiger partial charge >= 0.3 is 0 Å². The van der Waals surface area contributed by atoms with E-state index in [-0.39, 0.29) is 0 Å². The van der Waals surface area contributed by atoms with Gasteiger partial charge in [-0.1, -0.05) is 20.8 Å². The van der Waals surface area contributed by atoms with Crippen LogP contribution in [0.25, 0.3) is 0 Å². The van der Waals surface area contributed by atoms with E-state index < -0.39 is 0 Å². The van der Waals surface area contributed by atoms with Crippen LogP contribution in [0.1, 0.15) is 46.5 Å². The Kier molecular flexibility index (Phi) is 2.29. The lowest BCUT2D eigenvalue weighted by Gasteiger charge is -2.22. The van der Waals surface area contributed by atoms with Crippen LogP contribution in [0, 0.1) is 5.41 Å². The fraction of sp³-hybridized carbons (Fsp3) is 1.00. The summed E-state index contributed by atoms with van der Waals surface area (Å²) in [6.45, 7) is 6.95. The number of hydrogen-bond donors (Lipinski definition) is 1. The zero-order valence-electron chi connectivity index (χ0n) is 8.33. The van der Waals surface area contributed by atoms with Gasteiger partial charge in [0.25, 0.3) is 0 Å². The Hall–Kier alpha value is -0.0400. The number of hydrogen-bond acceptors (Lipinski definition) is 1. The summed E-state index contributed by atoms with van der Waals surface area (Å²) in [7, 11) is 2.09. The second-order valence-corrected chi connectivity index (χ2v) is 5.09. The summed E-state index contributed by atoms with van der Waals surface area (Å²) in [5.41, 5.74) is 1.06. The highest BCUT2D eigenvalue weighted by atomic mass is 15.0. The lowest BCUT2D eigenvalue weighted by Crippen LogP contribution is -2.28. The summed E-state index contributed by atoms with van der Waals surface area (Å²) in [6.07, 6.45) is 5.47. The summed E-state index contributed by atoms with van der Waals surface area (Å²) in [6, 6.07) is 0. The third kappa shape index (κ3) is 2.82. The minimum absolute atomic E-state index is 0.506. The number of nitrogens with one attached hydrogen (secondary N) is 1. The van der Waals surface area contributed by atoms with E-state index >= 15 is 0 Å². The molecule has 0 aliphatic heterocycles. The average molecular weight is 155 g/mol. The van der Waals surface area contributed by atoms with Crippen LogP contribution in [-0.2, 0) is 0 Å². The van der Waals surface area contributed by atoms with Gasteiger partial charge in [0.2, 0.25) is 0 Å². The van der Waals surface area contributed by atoms with Gasteiger partial charge in [-0.15, -0.1) is 0 Å². The molecule has 0 bridgehead atoms. The van der Waals surface area contributed by atoms with E-state index in [1.54, 1.807) is 0 Å². The average Bonchev–Trinajstić information content (AvgIpc) is 2.63. The number of rotatable bonds is 3. The Balaban J connectivity index is 2.22. The Morgan fingerprint density at radius 3 is 2.09 bits per heavy atom. The zero-order valence-corrected chi connectivity index (χ0v) is 8.33. The van der Waals surface area contributed by atoms with E-state index in [4.69, 9.17) is 0 Å². The molecule has 0 saturated heterocycles. The highest BCUT2D eigenvalue weighted by molar-refractivity contribution is 5.01. The van der Waals surface area contributed by atoms with E-state index in [0.717, 1.165) is 0 Å². The van der Waals surface area contributed by atoms with Gasteiger partial charge in [-0.2, -0.15) is 0 Å². The Bertz CT molecular complexity index is 128. The molecule has 11 heavy (non-hydrogen) atoms. The molecule has 0 aromatic rings. The van der Waals surface area contributed by atoms with Crippen molar-refractivity contribution in [2.45, 2.75) is 52.0 Å². The summed E-state index contributed by atoms with van der Waals surface area (Å²) in [4.78, 5) is 0. The van der Waals surface area contributed by atoms with Crippen molar-refractivity contribution in [3.63, 3.8) is 0 Å². The Morgan fingerprint density at radius 1 is 1.27 bits per heavy atom. The molecule has 1 N–H and O–H groups in total. The van der Waals surface area contributed by atoms with Gasteiger partial charge < -0.3 is 5.32 Å². The maximum atomic E-state index is 3.42. The molecule has 0 heterocycles. The normalized spacial score (nSPS) is 21.8. The molecule has 0 aromatic carbocycles. The van der Waals surface area contributed by atoms with E-state index in [2.05, 4.69) is 33.1 Å². The SMILES string of the molecule is CNC1(CCC(C)(C)C)CC1. The van der Waals surface area contributed by atoms with Crippen molar-refractivity contribution in [1.82, 2.24) is 5.32 Å². The molecule has 0 atom stereocenters. The molecule has 66 valence electrons. The van der Waals surface area contributed by atoms with Crippen molar-refractivity contribution in [3.8, 4) is 0 Å². The minimum Gasteiger partial charge on any atom is -0.314 e. The quantitative estimate of drug-likeness (QED) is 0.660. The fourth-order valence-corrected chi connectivity index (χ4v) is 1.39. The van der Waals surface area contributed by atoms with E-state index in [1.165, 1.54) is 25.7 Å². The van der Waals surface area contributed by atoms with Crippen LogP contribution in [0.2, 0.25) is 0 Å². The van der Waals surface area contributed by atoms with Crippen molar-refractivity contribution in [2.75, 3.05) is 7.05 Å². The molecule has 1 heteroatoms. The predicted octanol–water partition coefficient (Wildman–Crippen LogP) is 2.56. The Labute approximate surface area is 70.6 Å². The molecule has 1 aliphatic carbocycles. The second-order valence-electron chi connectivity index (χ2n) is 5.09. The molecule has 1 nitrogen and oxygen atoms in total. The molecule has 0 unspecified atom stereocenters. The van der Waals surface area contributed by atoms with Crippen LogP contribution in [0.3, 0.4) is 0 Å². The molecule has 0 aromatic heterocycles. The van der Waals surface area contributed by atoms with Crippen molar-refractivity contribution < 1.29 is 0 Å². The first-order valence-corrected chi connectivity index (χ1v) is 4.66. The Morgan fingerprint density at radius 2 is 1.82 bits per heavy atom. The van der Waals surface area contributed by atoms with Crippen molar-refractivity contribution in [1.29, 1.82) is 0 Å². The van der Waals surface area contributed by atoms with Crippen LogP contribution < -0.4 is 5.32 Å². The van der Waals surface area contributed by atoms with Gasteiger partial charge in [-0.05, 0) is 38.1 Å². The topological polar surface area (TPSA) is 12.0 Å². The third-order valence-corrected chi connectivity index (χ3v) is 2.74. The molecule has 1 saturated carbocycles. The third-order valence-electron chi connectivity index (χ3n) is 2.74. The van der Waals surface area contributed by atoms with E-state index in [0.29, 0.717) is 11.0 Å². The van der Waals surface area contributed by atoms with Crippen LogP contribution in [0.4, 0.5) is 0 Å². The molecule has 1 fully saturated rings. The van der Waals surface area contributed by atoms with Crippen molar-refractivity contribution in [3.05, 3.63) is 0 Å². The smallest absolute Gasteiger partial charge is 0.0180 e. The highest BCUT2D eigenvalue weighted by Gasteiger charge is 2.40. The van der Waals surface area contributed by atoms with Crippen LogP contribution in [-0.4, -0.2) is 12.6 Å². The van der Waals surface area contributed by atoms with Gasteiger partial charge in [0.15, 0.2) is 0 Å². The first kappa shape index (κ1) is 9.05. The van der Waals surface area contributed by atoms with Crippen molar-refractivity contribution in [2.24, 2.45) is 5.41 Å². The summed E-state index contributed by atoms with van der Waals surface area (Å²) in [5, 5.41) is 3.42. The van der Waals surface area contributed by atoms with Crippen LogP contribution in [0.15, 0.2) is 0 Å². The van der Waals surface area contributed by atoms with E-state index in [1.807, 2.05) is 0 Å². The van der Waals surface area contributed by atoms with Crippen molar-refractivity contribution >= 4 is 0 Å². The predicted molar refractivity (Wildman–Crippen MR) is 49.7 cm³/mol. The molecule has 0 amide bonds. The molecule has 1 rings (SSSR count). The maximum Gasteiger partial charge on any atom is 0.0180 e. The molecular weight excluding hydrogens is 134 g/mol. The molecule has 0 spiro atoms. The van der Waals surface area contributed by atoms with Crippen LogP contribution in [0.5, 0.6) is 0 Å². The summed E-state index contributed by atoms with van der Waals surface area (Å²) < 4.78 is 0. The lowest BCUT2D eigenvalue weighted by atomic mass is 9.88. The van der Waals surface area contributed by atoms with Gasteiger partial charge in [0.1, 0.15) is 0 Å². The summed E-state index contributed by atoms with van der Waals surface area (Å²) in [5.74, 6) is 0. The fourth-order valence-electron chi connectivity index (χ4n) is 1.39. The highest BCUT2D eigenvalue weighted by Crippen LogP contribution is 2.41. The van der Waals surface area contributed by atoms with E-state index in [9.17, 15) is 0 Å². The largest absolute Gasteiger partial charge is 0.314 e. The standard InChI is InChI=1S/C10H21N/c1-9(2,3)5-6-10(11-4)7-8-10/h11H,5-8H2,1-4H3. The minimum atomic E-state index is 0.506. The van der Waals surface area contributed by atoms with Gasteiger partial charge in [-0.25, -0.2) is 0 Å². The van der Waals surface area contributed by atoms with Crippen LogP contribution >= 0.6 is 0 Å².